The first kappa shape index (κ1) is 9.47. The van der Waals surface area contributed by atoms with Crippen LogP contribution in [0.5, 0.6) is 0 Å². The fraction of sp³-hybridized carbons (Fsp3) is 0.750. The monoisotopic (exact) mass is 146 g/mol. The summed E-state index contributed by atoms with van der Waals surface area (Å²) in [5, 5.41) is 0. The van der Waals surface area contributed by atoms with Crippen molar-refractivity contribution in [2.45, 2.75) is 33.4 Å². The van der Waals surface area contributed by atoms with Crippen LogP contribution in [0.3, 0.4) is 0 Å². The Kier molecular flexibility index (Phi) is 4.99. The summed E-state index contributed by atoms with van der Waals surface area (Å²) >= 11 is 0. The minimum absolute atomic E-state index is 0.238. The summed E-state index contributed by atoms with van der Waals surface area (Å²) in [6.45, 7) is 6.08. The molecular formula is C8H15FO. The van der Waals surface area contributed by atoms with Gasteiger partial charge in [-0.25, -0.2) is 4.39 Å². The molecular weight excluding hydrogens is 131 g/mol. The molecule has 0 aliphatic carbocycles. The van der Waals surface area contributed by atoms with Gasteiger partial charge in [-0.3, -0.25) is 0 Å². The van der Waals surface area contributed by atoms with Crippen LogP contribution in [0.2, 0.25) is 0 Å². The summed E-state index contributed by atoms with van der Waals surface area (Å²) < 4.78 is 17.1. The van der Waals surface area contributed by atoms with Crippen LogP contribution >= 0.6 is 0 Å². The lowest BCUT2D eigenvalue weighted by Gasteiger charge is -2.14. The summed E-state index contributed by atoms with van der Waals surface area (Å²) in [6, 6.07) is 0. The molecule has 60 valence electrons. The van der Waals surface area contributed by atoms with E-state index < -0.39 is 6.17 Å². The average molecular weight is 146 g/mol. The highest BCUT2D eigenvalue weighted by molar-refractivity contribution is 4.94. The van der Waals surface area contributed by atoms with Gasteiger partial charge < -0.3 is 4.74 Å². The lowest BCUT2D eigenvalue weighted by atomic mass is 10.2. The van der Waals surface area contributed by atoms with Gasteiger partial charge in [-0.1, -0.05) is 13.8 Å². The van der Waals surface area contributed by atoms with E-state index in [9.17, 15) is 4.39 Å². The van der Waals surface area contributed by atoms with Crippen molar-refractivity contribution >= 4 is 0 Å². The van der Waals surface area contributed by atoms with Crippen LogP contribution in [0.1, 0.15) is 27.2 Å². The van der Waals surface area contributed by atoms with Crippen molar-refractivity contribution in [1.82, 2.24) is 0 Å². The Hall–Kier alpha value is -0.530. The smallest absolute Gasteiger partial charge is 0.137 e. The van der Waals surface area contributed by atoms with Gasteiger partial charge in [0.15, 0.2) is 0 Å². The zero-order valence-corrected chi connectivity index (χ0v) is 6.86. The Morgan fingerprint density at radius 3 is 2.50 bits per heavy atom. The van der Waals surface area contributed by atoms with Crippen LogP contribution in [0.4, 0.5) is 4.39 Å². The lowest BCUT2D eigenvalue weighted by Crippen LogP contribution is -2.12. The highest BCUT2D eigenvalue weighted by Gasteiger charge is 2.09. The van der Waals surface area contributed by atoms with Crippen molar-refractivity contribution in [3.8, 4) is 0 Å². The van der Waals surface area contributed by atoms with Gasteiger partial charge in [0.05, 0.1) is 5.76 Å². The fourth-order valence-electron chi connectivity index (χ4n) is 0.643. The van der Waals surface area contributed by atoms with Crippen molar-refractivity contribution in [3.05, 3.63) is 11.8 Å². The Morgan fingerprint density at radius 2 is 2.20 bits per heavy atom. The summed E-state index contributed by atoms with van der Waals surface area (Å²) in [5.41, 5.74) is 0. The Balaban J connectivity index is 0.000000371. The number of ether oxygens (including phenoxy) is 1. The fourth-order valence-corrected chi connectivity index (χ4v) is 0.643. The van der Waals surface area contributed by atoms with Gasteiger partial charge in [0.2, 0.25) is 0 Å². The maximum absolute atomic E-state index is 12.2. The van der Waals surface area contributed by atoms with E-state index in [1.807, 2.05) is 20.8 Å². The number of halogens is 1. The highest BCUT2D eigenvalue weighted by atomic mass is 19.1. The van der Waals surface area contributed by atoms with Crippen LogP contribution in [-0.2, 0) is 4.74 Å². The third kappa shape index (κ3) is 3.49. The molecule has 1 atom stereocenters. The first-order chi connectivity index (χ1) is 4.79. The first-order valence-corrected chi connectivity index (χ1v) is 3.72. The average Bonchev–Trinajstić information content (AvgIpc) is 2.00. The molecule has 0 saturated heterocycles. The van der Waals surface area contributed by atoms with E-state index >= 15 is 0 Å². The molecule has 0 radical (unpaired) electrons. The zero-order chi connectivity index (χ0) is 7.98. The molecule has 0 saturated carbocycles. The molecule has 0 amide bonds. The van der Waals surface area contributed by atoms with Gasteiger partial charge >= 0.3 is 0 Å². The van der Waals surface area contributed by atoms with E-state index in [0.717, 1.165) is 5.76 Å². The van der Waals surface area contributed by atoms with Crippen LogP contribution in [0, 0.1) is 0 Å². The Morgan fingerprint density at radius 1 is 1.60 bits per heavy atom. The molecule has 0 aromatic carbocycles. The van der Waals surface area contributed by atoms with E-state index in [1.165, 1.54) is 0 Å². The van der Waals surface area contributed by atoms with Gasteiger partial charge in [-0.2, -0.15) is 0 Å². The number of allylic oxidation sites excluding steroid dienone is 2. The van der Waals surface area contributed by atoms with E-state index in [4.69, 9.17) is 4.74 Å². The summed E-state index contributed by atoms with van der Waals surface area (Å²) in [5.74, 6) is 0.846. The molecule has 1 aliphatic rings. The second-order valence-electron chi connectivity index (χ2n) is 1.96. The second kappa shape index (κ2) is 5.27. The highest BCUT2D eigenvalue weighted by Crippen LogP contribution is 2.11. The van der Waals surface area contributed by atoms with Gasteiger partial charge in [0.25, 0.3) is 0 Å². The van der Waals surface area contributed by atoms with E-state index in [1.54, 1.807) is 6.08 Å². The number of hydrogen-bond acceptors (Lipinski definition) is 1. The van der Waals surface area contributed by atoms with Crippen LogP contribution in [0.15, 0.2) is 11.8 Å². The van der Waals surface area contributed by atoms with Crippen LogP contribution < -0.4 is 0 Å². The zero-order valence-electron chi connectivity index (χ0n) is 6.86. The van der Waals surface area contributed by atoms with Crippen LogP contribution in [0.25, 0.3) is 0 Å². The SMILES string of the molecule is CC.CC1=CCC(F)CO1. The molecule has 0 aromatic rings. The molecule has 0 spiro atoms. The minimum Gasteiger partial charge on any atom is -0.496 e. The van der Waals surface area contributed by atoms with Gasteiger partial charge in [0, 0.05) is 6.42 Å². The van der Waals surface area contributed by atoms with Crippen molar-refractivity contribution in [2.24, 2.45) is 0 Å². The first-order valence-electron chi connectivity index (χ1n) is 3.72. The molecule has 0 aromatic heterocycles. The molecule has 2 heteroatoms. The standard InChI is InChI=1S/C6H9FO.C2H6/c1-5-2-3-6(7)4-8-5;1-2/h2,6H,3-4H2,1H3;1-2H3. The van der Waals surface area contributed by atoms with E-state index in [-0.39, 0.29) is 6.61 Å². The minimum atomic E-state index is -0.779. The number of rotatable bonds is 0. The molecule has 0 bridgehead atoms. The van der Waals surface area contributed by atoms with Gasteiger partial charge in [0.1, 0.15) is 12.8 Å². The normalized spacial score (nSPS) is 23.6. The molecule has 1 rings (SSSR count). The largest absolute Gasteiger partial charge is 0.496 e. The third-order valence-electron chi connectivity index (χ3n) is 1.15. The maximum Gasteiger partial charge on any atom is 0.137 e. The van der Waals surface area contributed by atoms with Gasteiger partial charge in [-0.15, -0.1) is 0 Å². The summed E-state index contributed by atoms with van der Waals surface area (Å²) in [4.78, 5) is 0. The predicted molar refractivity (Wildman–Crippen MR) is 40.6 cm³/mol. The van der Waals surface area contributed by atoms with E-state index in [0.29, 0.717) is 6.42 Å². The number of hydrogen-bond donors (Lipinski definition) is 0. The quantitative estimate of drug-likeness (QED) is 0.510. The van der Waals surface area contributed by atoms with Crippen molar-refractivity contribution in [2.75, 3.05) is 6.61 Å². The molecule has 1 unspecified atom stereocenters. The topological polar surface area (TPSA) is 9.23 Å². The maximum atomic E-state index is 12.2. The van der Waals surface area contributed by atoms with Crippen molar-refractivity contribution < 1.29 is 9.13 Å². The van der Waals surface area contributed by atoms with Crippen molar-refractivity contribution in [3.63, 3.8) is 0 Å². The summed E-state index contributed by atoms with van der Waals surface area (Å²) in [6.07, 6.45) is 1.51. The third-order valence-corrected chi connectivity index (χ3v) is 1.15. The lowest BCUT2D eigenvalue weighted by molar-refractivity contribution is 0.118. The Bertz CT molecular complexity index is 110. The van der Waals surface area contributed by atoms with Gasteiger partial charge in [-0.05, 0) is 13.0 Å². The van der Waals surface area contributed by atoms with Crippen LogP contribution in [-0.4, -0.2) is 12.8 Å². The molecule has 1 heterocycles. The number of alkyl halides is 1. The molecule has 0 N–H and O–H groups in total. The van der Waals surface area contributed by atoms with E-state index in [2.05, 4.69) is 0 Å². The molecule has 0 fully saturated rings. The Labute approximate surface area is 61.9 Å². The molecule has 1 nitrogen and oxygen atoms in total. The van der Waals surface area contributed by atoms with Crippen molar-refractivity contribution in [1.29, 1.82) is 0 Å². The molecule has 10 heavy (non-hydrogen) atoms. The summed E-state index contributed by atoms with van der Waals surface area (Å²) in [7, 11) is 0. The second-order valence-corrected chi connectivity index (χ2v) is 1.96. The molecule has 1 aliphatic heterocycles. The predicted octanol–water partition coefficient (Wildman–Crippen LogP) is 2.67.